The molecule has 4 rings (SSSR count). The molecule has 3 nitrogen and oxygen atoms in total. The quantitative estimate of drug-likeness (QED) is 0.696. The van der Waals surface area contributed by atoms with Gasteiger partial charge in [0.15, 0.2) is 5.78 Å². The Hall–Kier alpha value is -3.28. The molecule has 0 fully saturated rings. The molecule has 0 spiro atoms. The number of rotatable bonds is 2. The van der Waals surface area contributed by atoms with Gasteiger partial charge in [-0.3, -0.25) is 4.79 Å². The molecule has 6 heteroatoms. The van der Waals surface area contributed by atoms with Crippen LogP contribution in [0.4, 0.5) is 13.2 Å². The van der Waals surface area contributed by atoms with E-state index in [0.717, 1.165) is 28.5 Å². The SMILES string of the molecule is CN1C(N)=C(c2cccc(C(F)(F)F)c2)C(=O)C1c1cccc2ccccc12. The van der Waals surface area contributed by atoms with E-state index < -0.39 is 17.8 Å². The van der Waals surface area contributed by atoms with Gasteiger partial charge in [0.2, 0.25) is 0 Å². The maximum absolute atomic E-state index is 13.3. The van der Waals surface area contributed by atoms with Gasteiger partial charge in [-0.05, 0) is 34.0 Å². The minimum Gasteiger partial charge on any atom is -0.385 e. The van der Waals surface area contributed by atoms with E-state index in [-0.39, 0.29) is 22.7 Å². The molecule has 2 N–H and O–H groups in total. The Morgan fingerprint density at radius 3 is 2.39 bits per heavy atom. The van der Waals surface area contributed by atoms with Crippen molar-refractivity contribution in [2.45, 2.75) is 12.2 Å². The zero-order valence-corrected chi connectivity index (χ0v) is 15.0. The predicted octanol–water partition coefficient (Wildman–Crippen LogP) is 4.74. The zero-order valence-electron chi connectivity index (χ0n) is 15.0. The Morgan fingerprint density at radius 1 is 0.964 bits per heavy atom. The highest BCUT2D eigenvalue weighted by Crippen LogP contribution is 2.41. The normalized spacial score (nSPS) is 17.6. The fourth-order valence-electron chi connectivity index (χ4n) is 3.73. The topological polar surface area (TPSA) is 46.3 Å². The van der Waals surface area contributed by atoms with E-state index in [1.807, 2.05) is 42.5 Å². The second-order valence-electron chi connectivity index (χ2n) is 6.78. The van der Waals surface area contributed by atoms with Crippen molar-refractivity contribution in [1.82, 2.24) is 4.90 Å². The van der Waals surface area contributed by atoms with E-state index in [4.69, 9.17) is 5.73 Å². The molecule has 1 unspecified atom stereocenters. The molecular weight excluding hydrogens is 365 g/mol. The lowest BCUT2D eigenvalue weighted by atomic mass is 9.92. The largest absolute Gasteiger partial charge is 0.416 e. The summed E-state index contributed by atoms with van der Waals surface area (Å²) >= 11 is 0. The zero-order chi connectivity index (χ0) is 20.1. The third kappa shape index (κ3) is 2.81. The number of benzene rings is 3. The van der Waals surface area contributed by atoms with Crippen LogP contribution in [0.3, 0.4) is 0 Å². The summed E-state index contributed by atoms with van der Waals surface area (Å²) in [4.78, 5) is 14.9. The van der Waals surface area contributed by atoms with E-state index in [1.165, 1.54) is 12.1 Å². The highest BCUT2D eigenvalue weighted by Gasteiger charge is 2.39. The van der Waals surface area contributed by atoms with Gasteiger partial charge in [-0.25, -0.2) is 0 Å². The molecule has 1 aliphatic heterocycles. The van der Waals surface area contributed by atoms with Gasteiger partial charge in [-0.2, -0.15) is 13.2 Å². The lowest BCUT2D eigenvalue weighted by Gasteiger charge is -2.23. The van der Waals surface area contributed by atoms with Gasteiger partial charge in [-0.15, -0.1) is 0 Å². The number of Topliss-reactive ketones (excluding diaryl/α,β-unsaturated/α-hetero) is 1. The maximum Gasteiger partial charge on any atom is 0.416 e. The van der Waals surface area contributed by atoms with E-state index >= 15 is 0 Å². The summed E-state index contributed by atoms with van der Waals surface area (Å²) < 4.78 is 39.3. The standard InChI is InChI=1S/C22H17F3N2O/c1-27-19(17-11-5-7-13-6-2-3-10-16(13)17)20(28)18(21(27)26)14-8-4-9-15(12-14)22(23,24)25/h2-12,19H,26H2,1H3. The van der Waals surface area contributed by atoms with Crippen LogP contribution in [0.5, 0.6) is 0 Å². The Kier molecular flexibility index (Phi) is 4.14. The summed E-state index contributed by atoms with van der Waals surface area (Å²) in [5.74, 6) is -0.141. The van der Waals surface area contributed by atoms with E-state index in [2.05, 4.69) is 0 Å². The number of fused-ring (bicyclic) bond motifs is 1. The summed E-state index contributed by atoms with van der Waals surface area (Å²) in [7, 11) is 1.68. The van der Waals surface area contributed by atoms with Crippen LogP contribution in [-0.4, -0.2) is 17.7 Å². The second-order valence-corrected chi connectivity index (χ2v) is 6.78. The molecule has 0 radical (unpaired) electrons. The third-order valence-corrected chi connectivity index (χ3v) is 5.11. The van der Waals surface area contributed by atoms with Gasteiger partial charge in [0.1, 0.15) is 11.9 Å². The number of hydrogen-bond acceptors (Lipinski definition) is 3. The first-order valence-corrected chi connectivity index (χ1v) is 8.71. The van der Waals surface area contributed by atoms with Crippen LogP contribution in [0.15, 0.2) is 72.6 Å². The highest BCUT2D eigenvalue weighted by molar-refractivity contribution is 6.26. The number of nitrogens with zero attached hydrogens (tertiary/aromatic N) is 1. The first kappa shape index (κ1) is 18.1. The van der Waals surface area contributed by atoms with Crippen molar-refractivity contribution in [1.29, 1.82) is 0 Å². The lowest BCUT2D eigenvalue weighted by molar-refractivity contribution is -0.137. The van der Waals surface area contributed by atoms with Crippen LogP contribution in [0.2, 0.25) is 0 Å². The third-order valence-electron chi connectivity index (χ3n) is 5.11. The van der Waals surface area contributed by atoms with Crippen molar-refractivity contribution >= 4 is 22.1 Å². The monoisotopic (exact) mass is 382 g/mol. The van der Waals surface area contributed by atoms with Crippen molar-refractivity contribution in [2.24, 2.45) is 5.73 Å². The van der Waals surface area contributed by atoms with E-state index in [1.54, 1.807) is 11.9 Å². The molecule has 3 aromatic carbocycles. The number of halogens is 3. The van der Waals surface area contributed by atoms with E-state index in [0.29, 0.717) is 0 Å². The Morgan fingerprint density at radius 2 is 1.64 bits per heavy atom. The molecule has 1 heterocycles. The number of ketones is 1. The van der Waals surface area contributed by atoms with Gasteiger partial charge in [-0.1, -0.05) is 54.6 Å². The van der Waals surface area contributed by atoms with Crippen LogP contribution in [0, 0.1) is 0 Å². The van der Waals surface area contributed by atoms with Crippen LogP contribution >= 0.6 is 0 Å². The molecule has 0 amide bonds. The molecule has 28 heavy (non-hydrogen) atoms. The number of nitrogens with two attached hydrogens (primary N) is 1. The first-order chi connectivity index (χ1) is 13.3. The Labute approximate surface area is 159 Å². The summed E-state index contributed by atoms with van der Waals surface area (Å²) in [6, 6.07) is 17.4. The molecule has 1 atom stereocenters. The molecule has 3 aromatic rings. The van der Waals surface area contributed by atoms with Crippen molar-refractivity contribution in [3.63, 3.8) is 0 Å². The van der Waals surface area contributed by atoms with Crippen molar-refractivity contribution < 1.29 is 18.0 Å². The average Bonchev–Trinajstić information content (AvgIpc) is 2.89. The summed E-state index contributed by atoms with van der Waals surface area (Å²) in [5, 5.41) is 1.89. The van der Waals surface area contributed by atoms with Crippen LogP contribution < -0.4 is 5.73 Å². The number of alkyl halides is 3. The highest BCUT2D eigenvalue weighted by atomic mass is 19.4. The average molecular weight is 382 g/mol. The van der Waals surface area contributed by atoms with E-state index in [9.17, 15) is 18.0 Å². The molecule has 0 saturated carbocycles. The fraction of sp³-hybridized carbons (Fsp3) is 0.136. The second kappa shape index (κ2) is 6.41. The number of carbonyl (C=O) groups excluding carboxylic acids is 1. The van der Waals surface area contributed by atoms with Gasteiger partial charge in [0.25, 0.3) is 0 Å². The van der Waals surface area contributed by atoms with Crippen LogP contribution in [0.25, 0.3) is 16.3 Å². The molecule has 1 aliphatic rings. The minimum absolute atomic E-state index is 0.117. The summed E-state index contributed by atoms with van der Waals surface area (Å²) in [5.41, 5.74) is 6.43. The smallest absolute Gasteiger partial charge is 0.385 e. The predicted molar refractivity (Wildman–Crippen MR) is 102 cm³/mol. The van der Waals surface area contributed by atoms with Gasteiger partial charge < -0.3 is 10.6 Å². The van der Waals surface area contributed by atoms with Gasteiger partial charge in [0, 0.05) is 7.05 Å². The molecule has 0 saturated heterocycles. The van der Waals surface area contributed by atoms with Crippen LogP contribution in [0.1, 0.15) is 22.7 Å². The molecule has 0 bridgehead atoms. The molecular formula is C22H17F3N2O. The van der Waals surface area contributed by atoms with Gasteiger partial charge >= 0.3 is 6.18 Å². The molecule has 0 aliphatic carbocycles. The molecule has 0 aromatic heterocycles. The van der Waals surface area contributed by atoms with Crippen molar-refractivity contribution in [2.75, 3.05) is 7.05 Å². The Balaban J connectivity index is 1.82. The minimum atomic E-state index is -4.49. The number of likely N-dealkylation sites (N-methyl/N-ethyl adjacent to an activating group) is 1. The molecule has 142 valence electrons. The number of carbonyl (C=O) groups is 1. The van der Waals surface area contributed by atoms with Crippen molar-refractivity contribution in [3.05, 3.63) is 89.2 Å². The maximum atomic E-state index is 13.3. The van der Waals surface area contributed by atoms with Gasteiger partial charge in [0.05, 0.1) is 11.1 Å². The van der Waals surface area contributed by atoms with Crippen LogP contribution in [-0.2, 0) is 11.0 Å². The number of hydrogen-bond donors (Lipinski definition) is 1. The lowest BCUT2D eigenvalue weighted by Crippen LogP contribution is -2.25. The fourth-order valence-corrected chi connectivity index (χ4v) is 3.73. The van der Waals surface area contributed by atoms with Crippen molar-refractivity contribution in [3.8, 4) is 0 Å². The Bertz CT molecular complexity index is 1110. The summed E-state index contributed by atoms with van der Waals surface area (Å²) in [6.07, 6.45) is -4.49. The summed E-state index contributed by atoms with van der Waals surface area (Å²) in [6.45, 7) is 0. The first-order valence-electron chi connectivity index (χ1n) is 8.71.